The van der Waals surface area contributed by atoms with E-state index < -0.39 is 0 Å². The van der Waals surface area contributed by atoms with E-state index in [0.29, 0.717) is 36.5 Å². The van der Waals surface area contributed by atoms with Crippen LogP contribution in [0.3, 0.4) is 0 Å². The van der Waals surface area contributed by atoms with E-state index in [1.54, 1.807) is 6.20 Å². The molecule has 1 aromatic heterocycles. The summed E-state index contributed by atoms with van der Waals surface area (Å²) in [6.45, 7) is 8.79. The van der Waals surface area contributed by atoms with Crippen LogP contribution in [0.4, 0.5) is 21.7 Å². The van der Waals surface area contributed by atoms with E-state index in [-0.39, 0.29) is 18.5 Å². The van der Waals surface area contributed by atoms with E-state index in [4.69, 9.17) is 10.8 Å². The first-order valence-corrected chi connectivity index (χ1v) is 11.9. The summed E-state index contributed by atoms with van der Waals surface area (Å²) in [5, 5.41) is 15.5. The fourth-order valence-electron chi connectivity index (χ4n) is 4.18. The molecular weight excluding hydrogens is 433 g/mol. The van der Waals surface area contributed by atoms with Crippen LogP contribution in [0.25, 0.3) is 5.57 Å². The second kappa shape index (κ2) is 12.1. The fourth-order valence-corrected chi connectivity index (χ4v) is 4.18. The van der Waals surface area contributed by atoms with Gasteiger partial charge in [0.15, 0.2) is 0 Å². The Hall–Kier alpha value is -2.75. The minimum atomic E-state index is -0.275. The van der Waals surface area contributed by atoms with Gasteiger partial charge in [-0.15, -0.1) is 0 Å². The van der Waals surface area contributed by atoms with Crippen LogP contribution in [0, 0.1) is 12.7 Å². The molecule has 34 heavy (non-hydrogen) atoms. The molecule has 8 nitrogen and oxygen atoms in total. The molecule has 0 unspecified atom stereocenters. The molecule has 0 amide bonds. The molecule has 1 saturated heterocycles. The Morgan fingerprint density at radius 1 is 1.35 bits per heavy atom. The summed E-state index contributed by atoms with van der Waals surface area (Å²) in [6, 6.07) is 5.86. The van der Waals surface area contributed by atoms with Gasteiger partial charge >= 0.3 is 0 Å². The van der Waals surface area contributed by atoms with Crippen LogP contribution < -0.4 is 21.3 Å². The van der Waals surface area contributed by atoms with Crippen molar-refractivity contribution in [2.24, 2.45) is 5.73 Å². The second-order valence-corrected chi connectivity index (χ2v) is 9.13. The highest BCUT2D eigenvalue weighted by molar-refractivity contribution is 5.68. The first kappa shape index (κ1) is 25.9. The Morgan fingerprint density at radius 2 is 2.09 bits per heavy atom. The molecule has 1 aromatic carbocycles. The Bertz CT molecular complexity index is 974. The van der Waals surface area contributed by atoms with Gasteiger partial charge < -0.3 is 31.3 Å². The van der Waals surface area contributed by atoms with Gasteiger partial charge in [-0.1, -0.05) is 0 Å². The van der Waals surface area contributed by atoms with Crippen molar-refractivity contribution in [3.63, 3.8) is 0 Å². The number of aromatic nitrogens is 2. The molecule has 0 bridgehead atoms. The number of likely N-dealkylation sites (N-methyl/N-ethyl adjacent to an activating group) is 1. The lowest BCUT2D eigenvalue weighted by Crippen LogP contribution is -2.44. The maximum absolute atomic E-state index is 15.0. The number of aliphatic hydroxyl groups excluding tert-OH is 1. The lowest BCUT2D eigenvalue weighted by Gasteiger charge is -2.37. The van der Waals surface area contributed by atoms with Gasteiger partial charge in [-0.25, -0.2) is 14.4 Å². The van der Waals surface area contributed by atoms with Crippen molar-refractivity contribution >= 4 is 22.9 Å². The molecule has 0 atom stereocenters. The molecular formula is C25H38FN7O. The standard InChI is InChI=1S/C25H38FN7O/c1-17(2)28-16-19(14-27)24-18(3)15-29-25(31-24)30-20-5-6-23(22(26)13-20)33-9-7-21(8-10-33)32(4)11-12-34/h5-6,13,15-17,21,28,34H,7-12,14,27H2,1-4H3,(H,29,30,31)/b19-16+. The predicted octanol–water partition coefficient (Wildman–Crippen LogP) is 2.86. The highest BCUT2D eigenvalue weighted by atomic mass is 19.1. The normalized spacial score (nSPS) is 15.3. The average Bonchev–Trinajstić information content (AvgIpc) is 2.81. The Balaban J connectivity index is 1.70. The van der Waals surface area contributed by atoms with Crippen molar-refractivity contribution < 1.29 is 9.50 Å². The van der Waals surface area contributed by atoms with Crippen LogP contribution in [0.15, 0.2) is 30.6 Å². The van der Waals surface area contributed by atoms with Gasteiger partial charge in [-0.05, 0) is 64.4 Å². The van der Waals surface area contributed by atoms with Crippen LogP contribution in [0.5, 0.6) is 0 Å². The molecule has 2 heterocycles. The SMILES string of the molecule is Cc1cnc(Nc2ccc(N3CCC(N(C)CCO)CC3)c(F)c2)nc1/C(=C/NC(C)C)CN. The largest absolute Gasteiger partial charge is 0.395 e. The minimum Gasteiger partial charge on any atom is -0.395 e. The lowest BCUT2D eigenvalue weighted by atomic mass is 10.0. The van der Waals surface area contributed by atoms with Crippen molar-refractivity contribution in [3.05, 3.63) is 47.7 Å². The number of aryl methyl sites for hydroxylation is 1. The summed E-state index contributed by atoms with van der Waals surface area (Å²) >= 11 is 0. The van der Waals surface area contributed by atoms with Crippen molar-refractivity contribution in [1.29, 1.82) is 0 Å². The van der Waals surface area contributed by atoms with Crippen molar-refractivity contribution in [2.75, 3.05) is 50.1 Å². The number of nitrogens with two attached hydrogens (primary N) is 1. The van der Waals surface area contributed by atoms with Gasteiger partial charge in [0.25, 0.3) is 0 Å². The fraction of sp³-hybridized carbons (Fsp3) is 0.520. The summed E-state index contributed by atoms with van der Waals surface area (Å²) in [7, 11) is 2.03. The summed E-state index contributed by atoms with van der Waals surface area (Å²) in [5.74, 6) is 0.118. The topological polar surface area (TPSA) is 103 Å². The number of piperidine rings is 1. The van der Waals surface area contributed by atoms with Crippen LogP contribution in [0.1, 0.15) is 37.9 Å². The maximum Gasteiger partial charge on any atom is 0.227 e. The maximum atomic E-state index is 15.0. The van der Waals surface area contributed by atoms with Crippen molar-refractivity contribution in [3.8, 4) is 0 Å². The molecule has 0 radical (unpaired) electrons. The van der Waals surface area contributed by atoms with Crippen molar-refractivity contribution in [2.45, 2.75) is 45.7 Å². The number of halogens is 1. The molecule has 1 aliphatic rings. The third-order valence-corrected chi connectivity index (χ3v) is 6.17. The van der Waals surface area contributed by atoms with E-state index in [1.165, 1.54) is 6.07 Å². The number of aliphatic hydroxyl groups is 1. The Morgan fingerprint density at radius 3 is 2.71 bits per heavy atom. The van der Waals surface area contributed by atoms with Crippen LogP contribution >= 0.6 is 0 Å². The zero-order valence-corrected chi connectivity index (χ0v) is 20.7. The molecule has 3 rings (SSSR count). The minimum absolute atomic E-state index is 0.157. The third kappa shape index (κ3) is 6.65. The van der Waals surface area contributed by atoms with E-state index >= 15 is 4.39 Å². The first-order valence-electron chi connectivity index (χ1n) is 11.9. The van der Waals surface area contributed by atoms with Gasteiger partial charge in [-0.3, -0.25) is 0 Å². The van der Waals surface area contributed by atoms with Gasteiger partial charge in [0.05, 0.1) is 18.0 Å². The highest BCUT2D eigenvalue weighted by Gasteiger charge is 2.24. The molecule has 0 saturated carbocycles. The van der Waals surface area contributed by atoms with E-state index in [0.717, 1.165) is 42.8 Å². The molecule has 0 spiro atoms. The van der Waals surface area contributed by atoms with Gasteiger partial charge in [0.2, 0.25) is 5.95 Å². The van der Waals surface area contributed by atoms with Crippen molar-refractivity contribution in [1.82, 2.24) is 20.2 Å². The molecule has 5 N–H and O–H groups in total. The number of nitrogens with one attached hydrogen (secondary N) is 2. The number of hydrogen-bond donors (Lipinski definition) is 4. The second-order valence-electron chi connectivity index (χ2n) is 9.13. The first-order chi connectivity index (χ1) is 16.3. The number of rotatable bonds is 10. The number of anilines is 3. The quantitative estimate of drug-likeness (QED) is 0.420. The predicted molar refractivity (Wildman–Crippen MR) is 137 cm³/mol. The van der Waals surface area contributed by atoms with E-state index in [1.807, 2.05) is 32.3 Å². The van der Waals surface area contributed by atoms with Gasteiger partial charge in [-0.2, -0.15) is 0 Å². The molecule has 2 aromatic rings. The molecule has 186 valence electrons. The van der Waals surface area contributed by atoms with E-state index in [9.17, 15) is 0 Å². The monoisotopic (exact) mass is 471 g/mol. The molecule has 1 aliphatic heterocycles. The summed E-state index contributed by atoms with van der Waals surface area (Å²) in [4.78, 5) is 13.3. The molecule has 1 fully saturated rings. The zero-order chi connectivity index (χ0) is 24.7. The summed E-state index contributed by atoms with van der Waals surface area (Å²) in [5.41, 5.74) is 9.71. The van der Waals surface area contributed by atoms with E-state index in [2.05, 4.69) is 44.2 Å². The third-order valence-electron chi connectivity index (χ3n) is 6.17. The van der Waals surface area contributed by atoms with Crippen LogP contribution in [-0.2, 0) is 0 Å². The lowest BCUT2D eigenvalue weighted by molar-refractivity contribution is 0.161. The highest BCUT2D eigenvalue weighted by Crippen LogP contribution is 2.28. The summed E-state index contributed by atoms with van der Waals surface area (Å²) in [6.07, 6.45) is 5.52. The number of nitrogens with zero attached hydrogens (tertiary/aromatic N) is 4. The molecule has 0 aliphatic carbocycles. The number of hydrogen-bond acceptors (Lipinski definition) is 8. The Kier molecular flexibility index (Phi) is 9.20. The van der Waals surface area contributed by atoms with Gasteiger partial charge in [0, 0.05) is 61.9 Å². The van der Waals surface area contributed by atoms with Crippen LogP contribution in [-0.4, -0.2) is 71.9 Å². The Labute approximate surface area is 202 Å². The molecule has 9 heteroatoms. The average molecular weight is 472 g/mol. The van der Waals surface area contributed by atoms with Crippen LogP contribution in [0.2, 0.25) is 0 Å². The smallest absolute Gasteiger partial charge is 0.227 e. The van der Waals surface area contributed by atoms with Gasteiger partial charge in [0.1, 0.15) is 5.82 Å². The number of benzene rings is 1. The zero-order valence-electron chi connectivity index (χ0n) is 20.7. The summed E-state index contributed by atoms with van der Waals surface area (Å²) < 4.78 is 15.0.